The van der Waals surface area contributed by atoms with Gasteiger partial charge in [-0.3, -0.25) is 4.99 Å². The third-order valence-electron chi connectivity index (χ3n) is 4.29. The molecule has 0 aromatic heterocycles. The molecule has 0 amide bonds. The summed E-state index contributed by atoms with van der Waals surface area (Å²) in [6.07, 6.45) is 4.01. The van der Waals surface area contributed by atoms with Gasteiger partial charge >= 0.3 is 0 Å². The zero-order chi connectivity index (χ0) is 16.6. The molecule has 1 aliphatic rings. The number of nitrogens with zero attached hydrogens (tertiary/aromatic N) is 1. The van der Waals surface area contributed by atoms with Crippen molar-refractivity contribution in [1.82, 2.24) is 10.6 Å². The molecule has 0 radical (unpaired) electrons. The highest BCUT2D eigenvalue weighted by Gasteiger charge is 2.20. The number of hydrogen-bond donors (Lipinski definition) is 2. The van der Waals surface area contributed by atoms with E-state index in [4.69, 9.17) is 4.74 Å². The minimum Gasteiger partial charge on any atom is -0.490 e. The van der Waals surface area contributed by atoms with E-state index < -0.39 is 0 Å². The lowest BCUT2D eigenvalue weighted by molar-refractivity contribution is 0.119. The molecule has 1 fully saturated rings. The zero-order valence-corrected chi connectivity index (χ0v) is 16.9. The maximum atomic E-state index is 6.08. The van der Waals surface area contributed by atoms with Gasteiger partial charge in [-0.15, -0.1) is 24.0 Å². The molecule has 134 valence electrons. The highest BCUT2D eigenvalue weighted by Crippen LogP contribution is 2.27. The molecule has 2 N–H and O–H groups in total. The second-order valence-corrected chi connectivity index (χ2v) is 6.04. The summed E-state index contributed by atoms with van der Waals surface area (Å²) in [4.78, 5) is 4.29. The zero-order valence-electron chi connectivity index (χ0n) is 14.6. The number of benzene rings is 2. The molecule has 0 atom stereocenters. The van der Waals surface area contributed by atoms with Crippen molar-refractivity contribution in [3.05, 3.63) is 65.7 Å². The fourth-order valence-corrected chi connectivity index (χ4v) is 2.61. The first-order valence-corrected chi connectivity index (χ1v) is 8.58. The molecule has 0 saturated heterocycles. The normalized spacial score (nSPS) is 14.2. The van der Waals surface area contributed by atoms with Crippen molar-refractivity contribution >= 4 is 29.9 Å². The largest absolute Gasteiger partial charge is 0.490 e. The highest BCUT2D eigenvalue weighted by molar-refractivity contribution is 14.0. The van der Waals surface area contributed by atoms with Gasteiger partial charge in [0.15, 0.2) is 5.96 Å². The SMILES string of the molecule is CN=C(NCc1ccccc1)NCc1ccccc1OC1CCC1.I. The van der Waals surface area contributed by atoms with Gasteiger partial charge < -0.3 is 15.4 Å². The van der Waals surface area contributed by atoms with Crippen molar-refractivity contribution in [3.8, 4) is 5.75 Å². The third kappa shape index (κ3) is 5.92. The summed E-state index contributed by atoms with van der Waals surface area (Å²) < 4.78 is 6.08. The molecule has 1 saturated carbocycles. The molecule has 0 unspecified atom stereocenters. The van der Waals surface area contributed by atoms with E-state index in [1.54, 1.807) is 7.05 Å². The van der Waals surface area contributed by atoms with Crippen LogP contribution in [0.2, 0.25) is 0 Å². The van der Waals surface area contributed by atoms with Crippen molar-refractivity contribution in [2.45, 2.75) is 38.5 Å². The molecule has 2 aromatic rings. The lowest BCUT2D eigenvalue weighted by Crippen LogP contribution is -2.36. The van der Waals surface area contributed by atoms with Gasteiger partial charge in [-0.2, -0.15) is 0 Å². The molecular formula is C20H26IN3O. The Morgan fingerprint density at radius 2 is 1.68 bits per heavy atom. The third-order valence-corrected chi connectivity index (χ3v) is 4.29. The fourth-order valence-electron chi connectivity index (χ4n) is 2.61. The minimum atomic E-state index is 0. The van der Waals surface area contributed by atoms with Crippen LogP contribution >= 0.6 is 24.0 Å². The number of guanidine groups is 1. The van der Waals surface area contributed by atoms with Gasteiger partial charge in [-0.05, 0) is 30.9 Å². The highest BCUT2D eigenvalue weighted by atomic mass is 127. The molecule has 4 nitrogen and oxygen atoms in total. The Bertz CT molecular complexity index is 672. The van der Waals surface area contributed by atoms with Gasteiger partial charge in [0.05, 0.1) is 6.10 Å². The lowest BCUT2D eigenvalue weighted by Gasteiger charge is -2.27. The average Bonchev–Trinajstić information content (AvgIpc) is 2.60. The van der Waals surface area contributed by atoms with Crippen LogP contribution in [0.4, 0.5) is 0 Å². The van der Waals surface area contributed by atoms with Gasteiger partial charge in [0, 0.05) is 25.7 Å². The smallest absolute Gasteiger partial charge is 0.191 e. The average molecular weight is 451 g/mol. The molecule has 0 bridgehead atoms. The molecule has 3 rings (SSSR count). The van der Waals surface area contributed by atoms with Crippen LogP contribution < -0.4 is 15.4 Å². The standard InChI is InChI=1S/C20H25N3O.HI/c1-21-20(22-14-16-8-3-2-4-9-16)23-15-17-10-5-6-13-19(17)24-18-11-7-12-18;/h2-6,8-10,13,18H,7,11-12,14-15H2,1H3,(H2,21,22,23);1H. The summed E-state index contributed by atoms with van der Waals surface area (Å²) in [7, 11) is 1.79. The number of nitrogens with one attached hydrogen (secondary N) is 2. The van der Waals surface area contributed by atoms with Crippen LogP contribution in [0.3, 0.4) is 0 Å². The van der Waals surface area contributed by atoms with E-state index in [1.807, 2.05) is 30.3 Å². The number of aliphatic imine (C=N–C) groups is 1. The summed E-state index contributed by atoms with van der Waals surface area (Å²) in [5, 5.41) is 6.70. The topological polar surface area (TPSA) is 45.7 Å². The Balaban J connectivity index is 0.00000225. The molecule has 0 aliphatic heterocycles. The van der Waals surface area contributed by atoms with E-state index in [9.17, 15) is 0 Å². The van der Waals surface area contributed by atoms with Crippen molar-refractivity contribution < 1.29 is 4.74 Å². The Morgan fingerprint density at radius 1 is 1.00 bits per heavy atom. The van der Waals surface area contributed by atoms with Gasteiger partial charge in [-0.25, -0.2) is 0 Å². The van der Waals surface area contributed by atoms with Crippen molar-refractivity contribution in [1.29, 1.82) is 0 Å². The maximum Gasteiger partial charge on any atom is 0.191 e. The van der Waals surface area contributed by atoms with Gasteiger partial charge in [-0.1, -0.05) is 48.5 Å². The Morgan fingerprint density at radius 3 is 2.36 bits per heavy atom. The van der Waals surface area contributed by atoms with Gasteiger partial charge in [0.25, 0.3) is 0 Å². The fraction of sp³-hybridized carbons (Fsp3) is 0.350. The minimum absolute atomic E-state index is 0. The number of ether oxygens (including phenoxy) is 1. The van der Waals surface area contributed by atoms with E-state index in [2.05, 4.69) is 39.9 Å². The summed E-state index contributed by atoms with van der Waals surface area (Å²) in [6.45, 7) is 1.44. The lowest BCUT2D eigenvalue weighted by atomic mass is 9.96. The maximum absolute atomic E-state index is 6.08. The summed E-state index contributed by atoms with van der Waals surface area (Å²) >= 11 is 0. The van der Waals surface area contributed by atoms with Crippen molar-refractivity contribution in [2.75, 3.05) is 7.05 Å². The van der Waals surface area contributed by atoms with Crippen LogP contribution in [0.5, 0.6) is 5.75 Å². The quantitative estimate of drug-likeness (QED) is 0.395. The first-order chi connectivity index (χ1) is 11.8. The predicted octanol–water partition coefficient (Wildman–Crippen LogP) is 4.10. The molecular weight excluding hydrogens is 425 g/mol. The van der Waals surface area contributed by atoms with Crippen LogP contribution in [0.15, 0.2) is 59.6 Å². The molecule has 2 aromatic carbocycles. The molecule has 5 heteroatoms. The molecule has 25 heavy (non-hydrogen) atoms. The van der Waals surface area contributed by atoms with E-state index in [-0.39, 0.29) is 24.0 Å². The van der Waals surface area contributed by atoms with Gasteiger partial charge in [0.2, 0.25) is 0 Å². The number of hydrogen-bond acceptors (Lipinski definition) is 2. The summed E-state index contributed by atoms with van der Waals surface area (Å²) in [6, 6.07) is 18.5. The van der Waals surface area contributed by atoms with E-state index in [0.29, 0.717) is 12.6 Å². The van der Waals surface area contributed by atoms with E-state index in [1.165, 1.54) is 24.8 Å². The van der Waals surface area contributed by atoms with Crippen LogP contribution in [0, 0.1) is 0 Å². The molecule has 1 aliphatic carbocycles. The first-order valence-electron chi connectivity index (χ1n) is 8.58. The Labute approximate surface area is 167 Å². The van der Waals surface area contributed by atoms with E-state index in [0.717, 1.165) is 23.8 Å². The second-order valence-electron chi connectivity index (χ2n) is 6.04. The second kappa shape index (κ2) is 10.3. The predicted molar refractivity (Wildman–Crippen MR) is 114 cm³/mol. The number of halogens is 1. The molecule has 0 spiro atoms. The first kappa shape index (κ1) is 19.6. The Hall–Kier alpha value is -1.76. The van der Waals surface area contributed by atoms with Gasteiger partial charge in [0.1, 0.15) is 5.75 Å². The molecule has 0 heterocycles. The van der Waals surface area contributed by atoms with Crippen molar-refractivity contribution in [2.24, 2.45) is 4.99 Å². The monoisotopic (exact) mass is 451 g/mol. The number of para-hydroxylation sites is 1. The van der Waals surface area contributed by atoms with Crippen LogP contribution in [0.25, 0.3) is 0 Å². The Kier molecular flexibility index (Phi) is 8.04. The van der Waals surface area contributed by atoms with Crippen LogP contribution in [-0.4, -0.2) is 19.1 Å². The van der Waals surface area contributed by atoms with Crippen LogP contribution in [0.1, 0.15) is 30.4 Å². The number of rotatable bonds is 6. The van der Waals surface area contributed by atoms with E-state index >= 15 is 0 Å². The summed E-state index contributed by atoms with van der Waals surface area (Å²) in [5.74, 6) is 1.77. The summed E-state index contributed by atoms with van der Waals surface area (Å²) in [5.41, 5.74) is 2.39. The van der Waals surface area contributed by atoms with Crippen LogP contribution in [-0.2, 0) is 13.1 Å². The van der Waals surface area contributed by atoms with Crippen molar-refractivity contribution in [3.63, 3.8) is 0 Å².